The molecule has 8 heteroatoms. The van der Waals surface area contributed by atoms with Gasteiger partial charge in [0, 0.05) is 5.39 Å². The van der Waals surface area contributed by atoms with Crippen molar-refractivity contribution in [1.29, 1.82) is 0 Å². The van der Waals surface area contributed by atoms with E-state index in [1.807, 2.05) is 32.4 Å². The van der Waals surface area contributed by atoms with Gasteiger partial charge in [0.05, 0.1) is 54.8 Å². The molecule has 1 aromatic heterocycles. The van der Waals surface area contributed by atoms with E-state index in [0.29, 0.717) is 18.8 Å². The smallest absolute Gasteiger partial charge is 0.465 e. The number of nitrogens with zero attached hydrogens (tertiary/aromatic N) is 2. The van der Waals surface area contributed by atoms with Gasteiger partial charge in [0.1, 0.15) is 0 Å². The summed E-state index contributed by atoms with van der Waals surface area (Å²) < 4.78 is 24.5. The topological polar surface area (TPSA) is 71.8 Å². The number of carbonyl (C=O) groups excluding carboxylic acids is 1. The molecule has 2 saturated heterocycles. The third-order valence-corrected chi connectivity index (χ3v) is 5.64. The Balaban J connectivity index is 1.85. The second-order valence-corrected chi connectivity index (χ2v) is 7.86. The van der Waals surface area contributed by atoms with Gasteiger partial charge in [-0.05, 0) is 45.3 Å². The highest BCUT2D eigenvalue weighted by atomic mass is 16.7. The number of ether oxygens (including phenoxy) is 2. The fraction of sp³-hybridized carbons (Fsp3) is 0.556. The lowest BCUT2D eigenvalue weighted by Gasteiger charge is -2.32. The second kappa shape index (κ2) is 5.80. The van der Waals surface area contributed by atoms with Gasteiger partial charge in [-0.2, -0.15) is 5.10 Å². The summed E-state index contributed by atoms with van der Waals surface area (Å²) in [5.41, 5.74) is 1.15. The van der Waals surface area contributed by atoms with Crippen LogP contribution in [0.5, 0.6) is 0 Å². The molecule has 2 aliphatic rings. The molecule has 4 rings (SSSR count). The molecule has 26 heavy (non-hydrogen) atoms. The molecule has 0 amide bonds. The molecule has 0 atom stereocenters. The van der Waals surface area contributed by atoms with Crippen LogP contribution >= 0.6 is 0 Å². The van der Waals surface area contributed by atoms with Crippen molar-refractivity contribution in [2.45, 2.75) is 44.9 Å². The molecule has 0 radical (unpaired) electrons. The number of hydrogen-bond donors (Lipinski definition) is 0. The summed E-state index contributed by atoms with van der Waals surface area (Å²) in [6.07, 6.45) is 1.80. The van der Waals surface area contributed by atoms with Crippen molar-refractivity contribution >= 4 is 29.5 Å². The second-order valence-electron chi connectivity index (χ2n) is 7.86. The molecular weight excluding hydrogens is 335 g/mol. The van der Waals surface area contributed by atoms with E-state index >= 15 is 0 Å². The van der Waals surface area contributed by atoms with Crippen LogP contribution in [-0.4, -0.2) is 54.4 Å². The largest absolute Gasteiger partial charge is 0.495 e. The fourth-order valence-corrected chi connectivity index (χ4v) is 3.23. The summed E-state index contributed by atoms with van der Waals surface area (Å²) in [6.45, 7) is 9.25. The Bertz CT molecular complexity index is 856. The first-order valence-corrected chi connectivity index (χ1v) is 8.76. The Morgan fingerprint density at radius 2 is 1.88 bits per heavy atom. The van der Waals surface area contributed by atoms with Crippen LogP contribution in [0.4, 0.5) is 0 Å². The van der Waals surface area contributed by atoms with Crippen LogP contribution in [0.1, 0.15) is 44.1 Å². The Kier molecular flexibility index (Phi) is 3.91. The van der Waals surface area contributed by atoms with E-state index in [1.165, 1.54) is 7.11 Å². The predicted octanol–water partition coefficient (Wildman–Crippen LogP) is 1.69. The minimum Gasteiger partial charge on any atom is -0.465 e. The first kappa shape index (κ1) is 17.5. The molecule has 2 fully saturated rings. The average molecular weight is 358 g/mol. The first-order chi connectivity index (χ1) is 12.2. The lowest BCUT2D eigenvalue weighted by molar-refractivity contribution is -0.0266. The Morgan fingerprint density at radius 3 is 2.42 bits per heavy atom. The van der Waals surface area contributed by atoms with Crippen LogP contribution in [0, 0.1) is 0 Å². The zero-order valence-corrected chi connectivity index (χ0v) is 15.7. The molecule has 0 spiro atoms. The number of fused-ring (bicyclic) bond motifs is 1. The van der Waals surface area contributed by atoms with E-state index in [4.69, 9.17) is 18.8 Å². The van der Waals surface area contributed by atoms with Crippen molar-refractivity contribution in [1.82, 2.24) is 9.78 Å². The molecule has 0 N–H and O–H groups in total. The van der Waals surface area contributed by atoms with E-state index in [0.717, 1.165) is 16.4 Å². The van der Waals surface area contributed by atoms with Crippen LogP contribution in [-0.2, 0) is 18.8 Å². The third-order valence-electron chi connectivity index (χ3n) is 5.64. The van der Waals surface area contributed by atoms with Crippen LogP contribution in [0.25, 0.3) is 10.9 Å². The number of benzene rings is 1. The van der Waals surface area contributed by atoms with Crippen molar-refractivity contribution in [3.63, 3.8) is 0 Å². The average Bonchev–Trinajstić information content (AvgIpc) is 3.03. The Labute approximate surface area is 152 Å². The van der Waals surface area contributed by atoms with Crippen molar-refractivity contribution in [2.75, 3.05) is 20.3 Å². The van der Waals surface area contributed by atoms with E-state index in [-0.39, 0.29) is 6.04 Å². The molecule has 0 saturated carbocycles. The third kappa shape index (κ3) is 2.55. The summed E-state index contributed by atoms with van der Waals surface area (Å²) >= 11 is 0. The normalized spacial score (nSPS) is 21.8. The van der Waals surface area contributed by atoms with E-state index in [2.05, 4.69) is 5.10 Å². The molecular formula is C18H23BN2O5. The van der Waals surface area contributed by atoms with Crippen LogP contribution in [0.2, 0.25) is 0 Å². The zero-order valence-electron chi connectivity index (χ0n) is 15.7. The van der Waals surface area contributed by atoms with Crippen molar-refractivity contribution in [3.8, 4) is 0 Å². The summed E-state index contributed by atoms with van der Waals surface area (Å²) in [4.78, 5) is 12.2. The molecule has 2 aliphatic heterocycles. The Morgan fingerprint density at radius 1 is 1.23 bits per heavy atom. The van der Waals surface area contributed by atoms with Gasteiger partial charge in [-0.15, -0.1) is 0 Å². The monoisotopic (exact) mass is 358 g/mol. The van der Waals surface area contributed by atoms with Crippen molar-refractivity contribution in [2.24, 2.45) is 0 Å². The van der Waals surface area contributed by atoms with Crippen LogP contribution in [0.3, 0.4) is 0 Å². The predicted molar refractivity (Wildman–Crippen MR) is 96.6 cm³/mol. The maximum absolute atomic E-state index is 12.2. The quantitative estimate of drug-likeness (QED) is 0.614. The lowest BCUT2D eigenvalue weighted by atomic mass is 9.76. The highest BCUT2D eigenvalue weighted by Crippen LogP contribution is 2.37. The van der Waals surface area contributed by atoms with Gasteiger partial charge in [-0.1, -0.05) is 0 Å². The standard InChI is InChI=1S/C18H23BN2O5/c1-17(2)18(3,4)26-19(25-17)14-6-11(16(22)23-5)7-15-13(14)8-20-21(15)12-9-24-10-12/h6-8,12H,9-10H2,1-5H3. The minimum atomic E-state index is -0.581. The highest BCUT2D eigenvalue weighted by Gasteiger charge is 2.52. The molecule has 1 aromatic carbocycles. The lowest BCUT2D eigenvalue weighted by Crippen LogP contribution is -2.41. The van der Waals surface area contributed by atoms with Gasteiger partial charge in [0.2, 0.25) is 0 Å². The maximum Gasteiger partial charge on any atom is 0.495 e. The first-order valence-electron chi connectivity index (χ1n) is 8.76. The summed E-state index contributed by atoms with van der Waals surface area (Å²) in [6, 6.07) is 3.76. The minimum absolute atomic E-state index is 0.173. The summed E-state index contributed by atoms with van der Waals surface area (Å²) in [5, 5.41) is 5.43. The maximum atomic E-state index is 12.2. The van der Waals surface area contributed by atoms with Gasteiger partial charge in [0.25, 0.3) is 0 Å². The van der Waals surface area contributed by atoms with Gasteiger partial charge < -0.3 is 18.8 Å². The Hall–Kier alpha value is -1.90. The number of aromatic nitrogens is 2. The van der Waals surface area contributed by atoms with Gasteiger partial charge in [0.15, 0.2) is 0 Å². The highest BCUT2D eigenvalue weighted by molar-refractivity contribution is 6.65. The molecule has 0 aliphatic carbocycles. The van der Waals surface area contributed by atoms with Crippen LogP contribution < -0.4 is 5.46 Å². The number of rotatable bonds is 3. The SMILES string of the molecule is COC(=O)c1cc(B2OC(C)(C)C(C)(C)O2)c2cnn(C3COC3)c2c1. The number of methoxy groups -OCH3 is 1. The molecule has 0 bridgehead atoms. The number of hydrogen-bond acceptors (Lipinski definition) is 6. The molecule has 3 heterocycles. The zero-order chi connectivity index (χ0) is 18.7. The van der Waals surface area contributed by atoms with Crippen LogP contribution in [0.15, 0.2) is 18.3 Å². The van der Waals surface area contributed by atoms with Gasteiger partial charge >= 0.3 is 13.1 Å². The van der Waals surface area contributed by atoms with E-state index in [9.17, 15) is 4.79 Å². The fourth-order valence-electron chi connectivity index (χ4n) is 3.23. The number of carbonyl (C=O) groups is 1. The van der Waals surface area contributed by atoms with Crippen molar-refractivity contribution < 1.29 is 23.6 Å². The summed E-state index contributed by atoms with van der Waals surface area (Å²) in [5.74, 6) is -0.401. The molecule has 7 nitrogen and oxygen atoms in total. The van der Waals surface area contributed by atoms with Crippen molar-refractivity contribution in [3.05, 3.63) is 23.9 Å². The number of esters is 1. The van der Waals surface area contributed by atoms with E-state index < -0.39 is 24.3 Å². The van der Waals surface area contributed by atoms with Gasteiger partial charge in [-0.25, -0.2) is 4.79 Å². The van der Waals surface area contributed by atoms with E-state index in [1.54, 1.807) is 18.3 Å². The summed E-state index contributed by atoms with van der Waals surface area (Å²) in [7, 11) is 0.792. The molecule has 138 valence electrons. The van der Waals surface area contributed by atoms with Gasteiger partial charge in [-0.3, -0.25) is 4.68 Å². The molecule has 2 aromatic rings. The molecule has 0 unspecified atom stereocenters.